The third-order valence-corrected chi connectivity index (χ3v) is 10.4. The molecule has 1 saturated carbocycles. The van der Waals surface area contributed by atoms with E-state index in [1.165, 1.54) is 11.8 Å². The number of carbonyl (C=O) groups is 1. The van der Waals surface area contributed by atoms with Gasteiger partial charge in [-0.1, -0.05) is 0 Å². The van der Waals surface area contributed by atoms with E-state index >= 15 is 0 Å². The Balaban J connectivity index is 1.61. The number of hydrogen-bond donors (Lipinski definition) is 1. The molecule has 2 fully saturated rings. The summed E-state index contributed by atoms with van der Waals surface area (Å²) >= 11 is 3.49. The van der Waals surface area contributed by atoms with Crippen LogP contribution in [0.1, 0.15) is 24.5 Å². The second-order valence-corrected chi connectivity index (χ2v) is 12.8. The fourth-order valence-corrected chi connectivity index (χ4v) is 8.50. The Hall–Kier alpha value is -1.68. The second kappa shape index (κ2) is 8.43. The molecule has 1 aliphatic carbocycles. The summed E-state index contributed by atoms with van der Waals surface area (Å²) in [6.45, 7) is 0.898. The number of benzene rings is 1. The molecule has 2 atom stereocenters. The minimum atomic E-state index is -4.83. The van der Waals surface area contributed by atoms with Crippen LogP contribution in [0.25, 0.3) is 0 Å². The Morgan fingerprint density at radius 3 is 2.40 bits per heavy atom. The smallest absolute Gasteiger partial charge is 0.372 e. The molecule has 0 amide bonds. The molecule has 2 heterocycles. The summed E-state index contributed by atoms with van der Waals surface area (Å²) < 4.78 is 109. The number of thiophene rings is 1. The summed E-state index contributed by atoms with van der Waals surface area (Å²) in [7, 11) is -4.32. The summed E-state index contributed by atoms with van der Waals surface area (Å²) in [6, 6.07) is 2.20. The van der Waals surface area contributed by atoms with Crippen LogP contribution in [-0.4, -0.2) is 55.2 Å². The average molecular weight is 607 g/mol. The minimum Gasteiger partial charge on any atom is -0.372 e. The zero-order valence-corrected chi connectivity index (χ0v) is 21.0. The summed E-state index contributed by atoms with van der Waals surface area (Å²) in [5, 5.41) is 10.3. The van der Waals surface area contributed by atoms with Crippen LogP contribution in [0.5, 0.6) is 0 Å². The number of ketones is 1. The van der Waals surface area contributed by atoms with Gasteiger partial charge in [-0.15, -0.1) is 11.3 Å². The lowest BCUT2D eigenvalue weighted by Gasteiger charge is -2.42. The van der Waals surface area contributed by atoms with E-state index in [4.69, 9.17) is 0 Å². The summed E-state index contributed by atoms with van der Waals surface area (Å²) in [5.74, 6) is -5.97. The Bertz CT molecular complexity index is 1300. The van der Waals surface area contributed by atoms with Crippen LogP contribution in [0.15, 0.2) is 32.3 Å². The summed E-state index contributed by atoms with van der Waals surface area (Å²) in [5.41, 5.74) is -5.18. The van der Waals surface area contributed by atoms with Crippen molar-refractivity contribution in [3.8, 4) is 0 Å². The predicted octanol–water partition coefficient (Wildman–Crippen LogP) is 4.36. The Kier molecular flexibility index (Phi) is 6.36. The van der Waals surface area contributed by atoms with Gasteiger partial charge >= 0.3 is 6.18 Å². The second-order valence-electron chi connectivity index (χ2n) is 8.34. The van der Waals surface area contributed by atoms with Crippen LogP contribution in [-0.2, 0) is 26.6 Å². The molecule has 4 rings (SSSR count). The van der Waals surface area contributed by atoms with Crippen molar-refractivity contribution in [1.29, 1.82) is 0 Å². The van der Waals surface area contributed by atoms with Gasteiger partial charge in [-0.2, -0.15) is 17.5 Å². The van der Waals surface area contributed by atoms with E-state index in [-0.39, 0.29) is 29.1 Å². The topological polar surface area (TPSA) is 77.9 Å². The van der Waals surface area contributed by atoms with Gasteiger partial charge in [-0.3, -0.25) is 4.79 Å². The Morgan fingerprint density at radius 1 is 1.20 bits per heavy atom. The van der Waals surface area contributed by atoms with Crippen LogP contribution < -0.4 is 4.90 Å². The molecule has 2 aromatic rings. The van der Waals surface area contributed by atoms with Gasteiger partial charge in [0.15, 0.2) is 5.78 Å². The maximum absolute atomic E-state index is 14.0. The number of hydrogen-bond acceptors (Lipinski definition) is 6. The van der Waals surface area contributed by atoms with Crippen molar-refractivity contribution in [2.24, 2.45) is 0 Å². The molecule has 1 saturated heterocycles. The van der Waals surface area contributed by atoms with Crippen molar-refractivity contribution in [2.75, 3.05) is 24.5 Å². The van der Waals surface area contributed by atoms with E-state index in [1.54, 1.807) is 0 Å². The Labute approximate surface area is 208 Å². The number of rotatable bonds is 4. The van der Waals surface area contributed by atoms with E-state index in [0.29, 0.717) is 17.4 Å². The normalized spacial score (nSPS) is 25.6. The molecule has 2 aliphatic rings. The first-order valence-corrected chi connectivity index (χ1v) is 13.1. The molecule has 15 heteroatoms. The number of aliphatic hydroxyl groups is 1. The molecule has 1 aliphatic heterocycles. The fourth-order valence-electron chi connectivity index (χ4n) is 4.27. The van der Waals surface area contributed by atoms with Crippen molar-refractivity contribution >= 4 is 48.8 Å². The first-order chi connectivity index (χ1) is 16.0. The van der Waals surface area contributed by atoms with Gasteiger partial charge in [0.1, 0.15) is 10.0 Å². The average Bonchev–Trinajstić information content (AvgIpc) is 3.14. The van der Waals surface area contributed by atoms with Crippen molar-refractivity contribution in [2.45, 2.75) is 41.3 Å². The third kappa shape index (κ3) is 4.18. The number of alkyl halides is 5. The highest BCUT2D eigenvalue weighted by Gasteiger charge is 2.70. The van der Waals surface area contributed by atoms with Crippen LogP contribution in [0.2, 0.25) is 0 Å². The van der Waals surface area contributed by atoms with Crippen molar-refractivity contribution in [3.63, 3.8) is 0 Å². The van der Waals surface area contributed by atoms with Crippen molar-refractivity contribution in [1.82, 2.24) is 4.31 Å². The van der Waals surface area contributed by atoms with E-state index in [2.05, 4.69) is 15.9 Å². The number of piperazine rings is 1. The number of halogens is 7. The summed E-state index contributed by atoms with van der Waals surface area (Å²) in [6.07, 6.45) is -6.00. The number of Topliss-reactive ketones (excluding diaryl/α,β-unsaturated/α-hetero) is 1. The molecule has 1 aromatic heterocycles. The highest BCUT2D eigenvalue weighted by atomic mass is 79.9. The minimum absolute atomic E-state index is 0.154. The molecule has 1 aromatic carbocycles. The van der Waals surface area contributed by atoms with Crippen molar-refractivity contribution in [3.05, 3.63) is 45.0 Å². The van der Waals surface area contributed by atoms with E-state index in [1.807, 2.05) is 0 Å². The standard InChI is InChI=1S/C20H17BrF6N2O4S2/c1-10-9-28(14-3-2-11(22)6-12(14)20(25,26)27)4-5-29(10)35(32,33)16-7-13(17(21)34-16)19(31)15(30)8-18(19,23)24/h2-3,6-7,10,31H,4-5,8-9H2,1H3. The number of carbonyl (C=O) groups excluding carboxylic acids is 1. The number of sulfonamides is 1. The molecule has 192 valence electrons. The van der Waals surface area contributed by atoms with E-state index in [0.717, 1.165) is 22.5 Å². The van der Waals surface area contributed by atoms with Gasteiger partial charge < -0.3 is 10.0 Å². The quantitative estimate of drug-likeness (QED) is 0.523. The first-order valence-electron chi connectivity index (χ1n) is 10.1. The molecule has 1 N–H and O–H groups in total. The molecule has 35 heavy (non-hydrogen) atoms. The SMILES string of the molecule is CC1CN(c2ccc(F)cc2C(F)(F)F)CCN1S(=O)(=O)c1cc(C2(O)C(=O)CC2(F)F)c(Br)s1. The van der Waals surface area contributed by atoms with Gasteiger partial charge in [-0.25, -0.2) is 21.6 Å². The molecule has 0 spiro atoms. The van der Waals surface area contributed by atoms with Gasteiger partial charge in [-0.05, 0) is 47.1 Å². The predicted molar refractivity (Wildman–Crippen MR) is 117 cm³/mol. The highest BCUT2D eigenvalue weighted by molar-refractivity contribution is 9.11. The molecular formula is C20H17BrF6N2O4S2. The lowest BCUT2D eigenvalue weighted by atomic mass is 9.71. The lowest BCUT2D eigenvalue weighted by Crippen LogP contribution is -2.62. The highest BCUT2D eigenvalue weighted by Crippen LogP contribution is 2.54. The van der Waals surface area contributed by atoms with E-state index < -0.39 is 67.1 Å². The molecule has 6 nitrogen and oxygen atoms in total. The van der Waals surface area contributed by atoms with E-state index in [9.17, 15) is 44.7 Å². The van der Waals surface area contributed by atoms with Crippen LogP contribution in [0, 0.1) is 5.82 Å². The molecule has 2 unspecified atom stereocenters. The van der Waals surface area contributed by atoms with Crippen LogP contribution >= 0.6 is 27.3 Å². The summed E-state index contributed by atoms with van der Waals surface area (Å²) in [4.78, 5) is 13.1. The van der Waals surface area contributed by atoms with Crippen LogP contribution in [0.4, 0.5) is 32.0 Å². The Morgan fingerprint density at radius 2 is 1.86 bits per heavy atom. The van der Waals surface area contributed by atoms with Gasteiger partial charge in [0.2, 0.25) is 5.60 Å². The van der Waals surface area contributed by atoms with Crippen molar-refractivity contribution < 1.29 is 44.7 Å². The van der Waals surface area contributed by atoms with Gasteiger partial charge in [0, 0.05) is 36.9 Å². The first kappa shape index (κ1) is 26.4. The van der Waals surface area contributed by atoms with Gasteiger partial charge in [0.25, 0.3) is 15.9 Å². The maximum atomic E-state index is 14.0. The lowest BCUT2D eigenvalue weighted by molar-refractivity contribution is -0.234. The largest absolute Gasteiger partial charge is 0.418 e. The van der Waals surface area contributed by atoms with Gasteiger partial charge in [0.05, 0.1) is 15.8 Å². The molecule has 0 radical (unpaired) electrons. The van der Waals surface area contributed by atoms with Crippen LogP contribution in [0.3, 0.4) is 0 Å². The fraction of sp³-hybridized carbons (Fsp3) is 0.450. The monoisotopic (exact) mass is 606 g/mol. The molecule has 0 bridgehead atoms. The number of nitrogens with zero attached hydrogens (tertiary/aromatic N) is 2. The zero-order valence-electron chi connectivity index (χ0n) is 17.7. The zero-order chi connectivity index (χ0) is 26.1. The maximum Gasteiger partial charge on any atom is 0.418 e. The number of anilines is 1. The molecular weight excluding hydrogens is 590 g/mol. The third-order valence-electron chi connectivity index (χ3n) is 6.10.